The second-order valence-electron chi connectivity index (χ2n) is 8.28. The smallest absolute Gasteiger partial charge is 0.336 e. The number of ketones is 1. The predicted octanol–water partition coefficient (Wildman–Crippen LogP) is 3.41. The van der Waals surface area contributed by atoms with Crippen molar-refractivity contribution in [1.29, 1.82) is 0 Å². The molecule has 0 bridgehead atoms. The van der Waals surface area contributed by atoms with Gasteiger partial charge in [0.1, 0.15) is 5.92 Å². The highest BCUT2D eigenvalue weighted by molar-refractivity contribution is 7.10. The summed E-state index contributed by atoms with van der Waals surface area (Å²) in [6.45, 7) is 1.89. The average molecular weight is 482 g/mol. The summed E-state index contributed by atoms with van der Waals surface area (Å²) in [4.78, 5) is 40.7. The van der Waals surface area contributed by atoms with Gasteiger partial charge in [-0.2, -0.15) is 0 Å². The van der Waals surface area contributed by atoms with E-state index in [2.05, 4.69) is 5.32 Å². The Kier molecular flexibility index (Phi) is 5.65. The van der Waals surface area contributed by atoms with E-state index < -0.39 is 23.8 Å². The van der Waals surface area contributed by atoms with E-state index in [1.54, 1.807) is 25.1 Å². The molecule has 1 aliphatic carbocycles. The third-order valence-electron chi connectivity index (χ3n) is 6.52. The number of ether oxygens (including phenoxy) is 4. The number of benzene rings is 1. The Balaban J connectivity index is 1.68. The van der Waals surface area contributed by atoms with Crippen LogP contribution < -0.4 is 14.8 Å². The van der Waals surface area contributed by atoms with Crippen LogP contribution in [-0.4, -0.2) is 38.7 Å². The van der Waals surface area contributed by atoms with Crippen LogP contribution in [0.25, 0.3) is 0 Å². The van der Waals surface area contributed by atoms with Crippen molar-refractivity contribution >= 4 is 29.1 Å². The molecule has 2 aliphatic heterocycles. The fourth-order valence-electron chi connectivity index (χ4n) is 5.01. The van der Waals surface area contributed by atoms with Gasteiger partial charge >= 0.3 is 11.9 Å². The zero-order valence-corrected chi connectivity index (χ0v) is 19.7. The van der Waals surface area contributed by atoms with Crippen molar-refractivity contribution in [2.45, 2.75) is 25.2 Å². The lowest BCUT2D eigenvalue weighted by Gasteiger charge is -2.39. The molecule has 34 heavy (non-hydrogen) atoms. The molecule has 3 heterocycles. The first kappa shape index (κ1) is 22.2. The Hall–Kier alpha value is -3.59. The van der Waals surface area contributed by atoms with E-state index in [4.69, 9.17) is 18.9 Å². The van der Waals surface area contributed by atoms with Crippen molar-refractivity contribution in [1.82, 2.24) is 5.32 Å². The number of rotatable bonds is 4. The minimum Gasteiger partial charge on any atom is -0.468 e. The molecule has 0 saturated carbocycles. The molecule has 0 unspecified atom stereocenters. The van der Waals surface area contributed by atoms with Crippen LogP contribution in [0.4, 0.5) is 0 Å². The highest BCUT2D eigenvalue weighted by Crippen LogP contribution is 2.49. The lowest BCUT2D eigenvalue weighted by molar-refractivity contribution is -0.149. The summed E-state index contributed by atoms with van der Waals surface area (Å²) in [5, 5.41) is 5.19. The number of Topliss-reactive ketones (excluding diaryl/α,β-unsaturated/α-hetero) is 1. The molecule has 0 saturated heterocycles. The SMILES string of the molecule is COC(=O)C1=C(C)NC2=C(C(=O)[C@@H](C(=O)OC)[C@H](c3cccs3)C2)[C@H]1c1ccc2c(c1)OCO2. The maximum absolute atomic E-state index is 14.0. The molecule has 0 amide bonds. The summed E-state index contributed by atoms with van der Waals surface area (Å²) in [5.74, 6) is -2.50. The maximum Gasteiger partial charge on any atom is 0.336 e. The summed E-state index contributed by atoms with van der Waals surface area (Å²) < 4.78 is 21.1. The van der Waals surface area contributed by atoms with Gasteiger partial charge in [-0.05, 0) is 42.5 Å². The number of hydrogen-bond acceptors (Lipinski definition) is 9. The van der Waals surface area contributed by atoms with Crippen LogP contribution in [0.5, 0.6) is 11.5 Å². The molecular formula is C25H23NO7S. The van der Waals surface area contributed by atoms with Crippen molar-refractivity contribution in [3.63, 3.8) is 0 Å². The van der Waals surface area contributed by atoms with Crippen LogP contribution in [0.2, 0.25) is 0 Å². The van der Waals surface area contributed by atoms with Gasteiger partial charge in [0.15, 0.2) is 17.3 Å². The maximum atomic E-state index is 14.0. The van der Waals surface area contributed by atoms with E-state index in [9.17, 15) is 14.4 Å². The van der Waals surface area contributed by atoms with Gasteiger partial charge in [0.2, 0.25) is 6.79 Å². The van der Waals surface area contributed by atoms with Gasteiger partial charge in [-0.3, -0.25) is 9.59 Å². The summed E-state index contributed by atoms with van der Waals surface area (Å²) in [7, 11) is 2.58. The second-order valence-corrected chi connectivity index (χ2v) is 9.26. The molecule has 2 aromatic rings. The average Bonchev–Trinajstić information content (AvgIpc) is 3.54. The van der Waals surface area contributed by atoms with Crippen molar-refractivity contribution in [2.75, 3.05) is 21.0 Å². The first-order valence-electron chi connectivity index (χ1n) is 10.8. The zero-order chi connectivity index (χ0) is 24.0. The van der Waals surface area contributed by atoms with Crippen molar-refractivity contribution in [3.05, 3.63) is 68.7 Å². The Morgan fingerprint density at radius 1 is 1.12 bits per heavy atom. The molecule has 0 spiro atoms. The Morgan fingerprint density at radius 2 is 1.91 bits per heavy atom. The van der Waals surface area contributed by atoms with E-state index in [0.717, 1.165) is 4.88 Å². The normalized spacial score (nSPS) is 23.4. The van der Waals surface area contributed by atoms with Crippen LogP contribution in [0.3, 0.4) is 0 Å². The number of carbonyl (C=O) groups is 3. The van der Waals surface area contributed by atoms with Crippen molar-refractivity contribution < 1.29 is 33.3 Å². The van der Waals surface area contributed by atoms with E-state index in [1.165, 1.54) is 25.6 Å². The highest BCUT2D eigenvalue weighted by Gasteiger charge is 2.49. The van der Waals surface area contributed by atoms with Crippen LogP contribution in [0.15, 0.2) is 58.3 Å². The summed E-state index contributed by atoms with van der Waals surface area (Å²) in [5.41, 5.74) is 2.64. The lowest BCUT2D eigenvalue weighted by Crippen LogP contribution is -2.43. The predicted molar refractivity (Wildman–Crippen MR) is 122 cm³/mol. The van der Waals surface area contributed by atoms with Gasteiger partial charge in [0.05, 0.1) is 19.8 Å². The first-order chi connectivity index (χ1) is 16.4. The summed E-state index contributed by atoms with van der Waals surface area (Å²) >= 11 is 1.50. The second kappa shape index (κ2) is 8.64. The number of allylic oxidation sites excluding steroid dienone is 3. The van der Waals surface area contributed by atoms with E-state index in [-0.39, 0.29) is 18.5 Å². The lowest BCUT2D eigenvalue weighted by atomic mass is 9.68. The molecule has 3 aliphatic rings. The van der Waals surface area contributed by atoms with Crippen molar-refractivity contribution in [3.8, 4) is 11.5 Å². The largest absolute Gasteiger partial charge is 0.468 e. The van der Waals surface area contributed by atoms with Crippen LogP contribution in [-0.2, 0) is 23.9 Å². The molecule has 1 aromatic carbocycles. The minimum atomic E-state index is -1.02. The molecule has 8 nitrogen and oxygen atoms in total. The third kappa shape index (κ3) is 3.47. The van der Waals surface area contributed by atoms with Crippen LogP contribution in [0, 0.1) is 5.92 Å². The number of esters is 2. The summed E-state index contributed by atoms with van der Waals surface area (Å²) in [6, 6.07) is 9.14. The van der Waals surface area contributed by atoms with E-state index in [0.29, 0.717) is 46.0 Å². The highest BCUT2D eigenvalue weighted by atomic mass is 32.1. The van der Waals surface area contributed by atoms with Gasteiger partial charge in [-0.1, -0.05) is 12.1 Å². The summed E-state index contributed by atoms with van der Waals surface area (Å²) in [6.07, 6.45) is 0.425. The first-order valence-corrected chi connectivity index (χ1v) is 11.7. The molecule has 1 N–H and O–H groups in total. The van der Waals surface area contributed by atoms with Crippen molar-refractivity contribution in [2.24, 2.45) is 5.92 Å². The van der Waals surface area contributed by atoms with Gasteiger partial charge in [0, 0.05) is 33.7 Å². The van der Waals surface area contributed by atoms with Gasteiger partial charge in [-0.15, -0.1) is 11.3 Å². The van der Waals surface area contributed by atoms with E-state index >= 15 is 0 Å². The number of nitrogens with one attached hydrogen (secondary N) is 1. The molecule has 5 rings (SSSR count). The number of dihydropyridines is 1. The Morgan fingerprint density at radius 3 is 2.62 bits per heavy atom. The van der Waals surface area contributed by atoms with Crippen LogP contribution in [0.1, 0.15) is 35.6 Å². The van der Waals surface area contributed by atoms with Gasteiger partial charge in [-0.25, -0.2) is 4.79 Å². The number of fused-ring (bicyclic) bond motifs is 1. The molecule has 176 valence electrons. The standard InChI is InChI=1S/C25H23NO7S/c1-12-19(24(28)30-2)20(13-6-7-16-17(9-13)33-11-32-16)22-15(26-12)10-14(18-5-4-8-34-18)21(23(22)27)25(29)31-3/h4-9,14,20-21,26H,10-11H2,1-3H3/t14-,20-,21-/m0/s1. The third-order valence-corrected chi connectivity index (χ3v) is 7.52. The van der Waals surface area contributed by atoms with Crippen LogP contribution >= 0.6 is 11.3 Å². The molecule has 3 atom stereocenters. The molecular weight excluding hydrogens is 458 g/mol. The van der Waals surface area contributed by atoms with E-state index in [1.807, 2.05) is 17.5 Å². The fraction of sp³-hybridized carbons (Fsp3) is 0.320. The Labute approximate surface area is 200 Å². The molecule has 0 radical (unpaired) electrons. The molecule has 9 heteroatoms. The number of carbonyl (C=O) groups excluding carboxylic acids is 3. The number of hydrogen-bond donors (Lipinski definition) is 1. The monoisotopic (exact) mass is 481 g/mol. The van der Waals surface area contributed by atoms with Gasteiger partial charge < -0.3 is 24.3 Å². The fourth-order valence-corrected chi connectivity index (χ4v) is 5.87. The number of methoxy groups -OCH3 is 2. The topological polar surface area (TPSA) is 100 Å². The Bertz CT molecular complexity index is 1240. The minimum absolute atomic E-state index is 0.101. The number of thiophene rings is 1. The molecule has 0 fully saturated rings. The molecule has 1 aromatic heterocycles. The quantitative estimate of drug-likeness (QED) is 0.524. The zero-order valence-electron chi connectivity index (χ0n) is 18.9. The van der Waals surface area contributed by atoms with Gasteiger partial charge in [0.25, 0.3) is 0 Å².